The summed E-state index contributed by atoms with van der Waals surface area (Å²) >= 11 is 0. The van der Waals surface area contributed by atoms with Crippen LogP contribution in [-0.2, 0) is 4.79 Å². The minimum absolute atomic E-state index is 0.383. The molecule has 0 aromatic heterocycles. The predicted molar refractivity (Wildman–Crippen MR) is 78.1 cm³/mol. The fourth-order valence-corrected chi connectivity index (χ4v) is 2.26. The third-order valence-corrected chi connectivity index (χ3v) is 3.74. The molecule has 4 nitrogen and oxygen atoms in total. The molecular weight excluding hydrogens is 256 g/mol. The number of carboxylic acid groups (broad SMARTS) is 1. The molecule has 0 aliphatic carbocycles. The minimum atomic E-state index is -1.77. The summed E-state index contributed by atoms with van der Waals surface area (Å²) in [6.07, 6.45) is 0.935. The maximum atomic E-state index is 11.4. The van der Waals surface area contributed by atoms with Crippen LogP contribution in [0.15, 0.2) is 24.3 Å². The van der Waals surface area contributed by atoms with Crippen molar-refractivity contribution in [2.24, 2.45) is 5.92 Å². The van der Waals surface area contributed by atoms with Crippen LogP contribution in [0.25, 0.3) is 0 Å². The first-order chi connectivity index (χ1) is 9.33. The third kappa shape index (κ3) is 3.31. The molecule has 0 aliphatic heterocycles. The van der Waals surface area contributed by atoms with Gasteiger partial charge in [-0.05, 0) is 30.0 Å². The lowest BCUT2D eigenvalue weighted by atomic mass is 9.76. The Morgan fingerprint density at radius 2 is 1.80 bits per heavy atom. The second kappa shape index (κ2) is 6.75. The van der Waals surface area contributed by atoms with Gasteiger partial charge in [-0.1, -0.05) is 39.8 Å². The van der Waals surface area contributed by atoms with Crippen molar-refractivity contribution in [2.45, 2.75) is 45.6 Å². The summed E-state index contributed by atoms with van der Waals surface area (Å²) in [6, 6.07) is 7.24. The maximum Gasteiger partial charge on any atom is 0.336 e. The van der Waals surface area contributed by atoms with Crippen molar-refractivity contribution in [3.63, 3.8) is 0 Å². The normalized spacial score (nSPS) is 15.7. The molecule has 2 unspecified atom stereocenters. The first kappa shape index (κ1) is 16.5. The summed E-state index contributed by atoms with van der Waals surface area (Å²) < 4.78 is 5.49. The quantitative estimate of drug-likeness (QED) is 0.805. The van der Waals surface area contributed by atoms with Gasteiger partial charge in [0, 0.05) is 5.92 Å². The number of hydrogen-bond donors (Lipinski definition) is 2. The first-order valence-electron chi connectivity index (χ1n) is 7.02. The summed E-state index contributed by atoms with van der Waals surface area (Å²) in [5, 5.41) is 19.8. The van der Waals surface area contributed by atoms with Gasteiger partial charge in [-0.25, -0.2) is 4.79 Å². The molecule has 0 saturated carbocycles. The van der Waals surface area contributed by atoms with Gasteiger partial charge in [0.15, 0.2) is 5.60 Å². The molecule has 0 radical (unpaired) electrons. The van der Waals surface area contributed by atoms with E-state index in [0.717, 1.165) is 17.7 Å². The molecule has 0 heterocycles. The van der Waals surface area contributed by atoms with Crippen LogP contribution in [-0.4, -0.2) is 28.4 Å². The predicted octanol–water partition coefficient (Wildman–Crippen LogP) is 3.05. The Kier molecular flexibility index (Phi) is 5.57. The molecule has 20 heavy (non-hydrogen) atoms. The Labute approximate surface area is 120 Å². The van der Waals surface area contributed by atoms with E-state index < -0.39 is 17.5 Å². The number of aliphatic hydroxyl groups is 1. The van der Waals surface area contributed by atoms with Crippen LogP contribution in [0.1, 0.15) is 45.6 Å². The van der Waals surface area contributed by atoms with Crippen LogP contribution < -0.4 is 4.74 Å². The highest BCUT2D eigenvalue weighted by atomic mass is 16.5. The number of rotatable bonds is 7. The number of carboxylic acids is 1. The van der Waals surface area contributed by atoms with E-state index in [9.17, 15) is 15.0 Å². The molecule has 1 aromatic rings. The Morgan fingerprint density at radius 3 is 2.20 bits per heavy atom. The van der Waals surface area contributed by atoms with Gasteiger partial charge in [-0.3, -0.25) is 0 Å². The molecular formula is C16H24O4. The monoisotopic (exact) mass is 280 g/mol. The lowest BCUT2D eigenvalue weighted by Crippen LogP contribution is -2.48. The van der Waals surface area contributed by atoms with Crippen molar-refractivity contribution in [1.29, 1.82) is 0 Å². The second-order valence-electron chi connectivity index (χ2n) is 5.42. The molecule has 4 heteroatoms. The minimum Gasteiger partial charge on any atom is -0.494 e. The lowest BCUT2D eigenvalue weighted by molar-refractivity contribution is -0.166. The topological polar surface area (TPSA) is 66.8 Å². The molecule has 0 fully saturated rings. The molecule has 0 aliphatic rings. The Morgan fingerprint density at radius 1 is 1.25 bits per heavy atom. The summed E-state index contributed by atoms with van der Waals surface area (Å²) in [5.41, 5.74) is -0.987. The fraction of sp³-hybridized carbons (Fsp3) is 0.562. The summed E-state index contributed by atoms with van der Waals surface area (Å²) in [5.74, 6) is -1.32. The van der Waals surface area contributed by atoms with E-state index in [4.69, 9.17) is 4.74 Å². The van der Waals surface area contributed by atoms with Crippen LogP contribution in [0.4, 0.5) is 0 Å². The highest BCUT2D eigenvalue weighted by Gasteiger charge is 2.45. The average molecular weight is 280 g/mol. The zero-order valence-electron chi connectivity index (χ0n) is 12.6. The summed E-state index contributed by atoms with van der Waals surface area (Å²) in [6.45, 7) is 7.84. The number of aliphatic carboxylic acids is 1. The van der Waals surface area contributed by atoms with E-state index in [0.29, 0.717) is 6.61 Å². The van der Waals surface area contributed by atoms with E-state index in [1.165, 1.54) is 0 Å². The molecule has 2 atom stereocenters. The van der Waals surface area contributed by atoms with Gasteiger partial charge < -0.3 is 14.9 Å². The SMILES string of the molecule is CCCOc1ccc(C(C)C(O)(C(=O)O)C(C)C)cc1. The van der Waals surface area contributed by atoms with Gasteiger partial charge in [-0.2, -0.15) is 0 Å². The smallest absolute Gasteiger partial charge is 0.336 e. The van der Waals surface area contributed by atoms with E-state index >= 15 is 0 Å². The Hall–Kier alpha value is -1.55. The zero-order valence-corrected chi connectivity index (χ0v) is 12.6. The van der Waals surface area contributed by atoms with Gasteiger partial charge >= 0.3 is 5.97 Å². The standard InChI is InChI=1S/C16H24O4/c1-5-10-20-14-8-6-13(7-9-14)12(4)16(19,11(2)3)15(17)18/h6-9,11-12,19H,5,10H2,1-4H3,(H,17,18). The van der Waals surface area contributed by atoms with Crippen LogP contribution in [0.3, 0.4) is 0 Å². The summed E-state index contributed by atoms with van der Waals surface area (Å²) in [7, 11) is 0. The molecule has 0 saturated heterocycles. The molecule has 112 valence electrons. The molecule has 1 rings (SSSR count). The van der Waals surface area contributed by atoms with E-state index in [1.807, 2.05) is 31.2 Å². The first-order valence-corrected chi connectivity index (χ1v) is 7.02. The van der Waals surface area contributed by atoms with Crippen LogP contribution in [0.2, 0.25) is 0 Å². The van der Waals surface area contributed by atoms with Crippen molar-refractivity contribution in [2.75, 3.05) is 6.61 Å². The van der Waals surface area contributed by atoms with Crippen LogP contribution in [0, 0.1) is 5.92 Å². The van der Waals surface area contributed by atoms with Crippen molar-refractivity contribution < 1.29 is 19.7 Å². The van der Waals surface area contributed by atoms with Gasteiger partial charge in [0.05, 0.1) is 6.61 Å². The number of carbonyl (C=O) groups is 1. The van der Waals surface area contributed by atoms with E-state index in [1.54, 1.807) is 20.8 Å². The maximum absolute atomic E-state index is 11.4. The van der Waals surface area contributed by atoms with Gasteiger partial charge in [-0.15, -0.1) is 0 Å². The fourth-order valence-electron chi connectivity index (χ4n) is 2.26. The highest BCUT2D eigenvalue weighted by molar-refractivity contribution is 5.79. The van der Waals surface area contributed by atoms with Gasteiger partial charge in [0.2, 0.25) is 0 Å². The summed E-state index contributed by atoms with van der Waals surface area (Å²) in [4.78, 5) is 11.4. The zero-order chi connectivity index (χ0) is 15.3. The molecule has 1 aromatic carbocycles. The largest absolute Gasteiger partial charge is 0.494 e. The van der Waals surface area contributed by atoms with E-state index in [2.05, 4.69) is 0 Å². The van der Waals surface area contributed by atoms with Crippen molar-refractivity contribution in [3.8, 4) is 5.75 Å². The van der Waals surface area contributed by atoms with Crippen LogP contribution in [0.5, 0.6) is 5.75 Å². The lowest BCUT2D eigenvalue weighted by Gasteiger charge is -2.34. The number of benzene rings is 1. The van der Waals surface area contributed by atoms with Gasteiger partial charge in [0.25, 0.3) is 0 Å². The number of ether oxygens (including phenoxy) is 1. The van der Waals surface area contributed by atoms with E-state index in [-0.39, 0.29) is 5.92 Å². The van der Waals surface area contributed by atoms with Crippen molar-refractivity contribution in [3.05, 3.63) is 29.8 Å². The third-order valence-electron chi connectivity index (χ3n) is 3.74. The molecule has 0 bridgehead atoms. The second-order valence-corrected chi connectivity index (χ2v) is 5.42. The van der Waals surface area contributed by atoms with Gasteiger partial charge in [0.1, 0.15) is 5.75 Å². The molecule has 0 spiro atoms. The van der Waals surface area contributed by atoms with Crippen molar-refractivity contribution in [1.82, 2.24) is 0 Å². The Bertz CT molecular complexity index is 438. The average Bonchev–Trinajstić information content (AvgIpc) is 2.43. The van der Waals surface area contributed by atoms with Crippen molar-refractivity contribution >= 4 is 5.97 Å². The molecule has 0 amide bonds. The van der Waals surface area contributed by atoms with Crippen LogP contribution >= 0.6 is 0 Å². The Balaban J connectivity index is 2.96. The number of hydrogen-bond acceptors (Lipinski definition) is 3. The molecule has 2 N–H and O–H groups in total. The highest BCUT2D eigenvalue weighted by Crippen LogP contribution is 2.35.